The Balaban J connectivity index is 0.000000499. The summed E-state index contributed by atoms with van der Waals surface area (Å²) < 4.78 is 27.8. The topological polar surface area (TPSA) is 49.3 Å². The largest absolute Gasteiger partial charge is 0.500 e. The van der Waals surface area contributed by atoms with Crippen LogP contribution in [0.15, 0.2) is 175 Å². The Bertz CT molecular complexity index is 2470. The summed E-state index contributed by atoms with van der Waals surface area (Å²) in [5.41, 5.74) is 5.58. The molecule has 0 fully saturated rings. The molecule has 2 heterocycles. The summed E-state index contributed by atoms with van der Waals surface area (Å²) in [6.45, 7) is 2.46. The van der Waals surface area contributed by atoms with Crippen LogP contribution in [0, 0.1) is 19.1 Å². The van der Waals surface area contributed by atoms with E-state index in [4.69, 9.17) is 23.3 Å². The molecule has 7 aromatic rings. The molecule has 7 aromatic carbocycles. The van der Waals surface area contributed by atoms with E-state index in [1.54, 1.807) is 0 Å². The minimum atomic E-state index is -2.49. The van der Waals surface area contributed by atoms with Gasteiger partial charge in [-0.05, 0) is 63.9 Å². The zero-order chi connectivity index (χ0) is 39.9. The fourth-order valence-corrected chi connectivity index (χ4v) is 9.57. The smallest absolute Gasteiger partial charge is 0.486 e. The summed E-state index contributed by atoms with van der Waals surface area (Å²) >= 11 is 0. The molecule has 10 rings (SSSR count). The van der Waals surface area contributed by atoms with E-state index in [1.807, 2.05) is 12.1 Å². The minimum absolute atomic E-state index is 0. The van der Waals surface area contributed by atoms with Crippen molar-refractivity contribution in [3.63, 3.8) is 0 Å². The number of hydrogen-bond acceptors (Lipinski definition) is 5. The monoisotopic (exact) mass is 985 g/mol. The van der Waals surface area contributed by atoms with Crippen molar-refractivity contribution in [1.29, 1.82) is 0 Å². The molecule has 3 aliphatic rings. The minimum Gasteiger partial charge on any atom is -0.500 e. The van der Waals surface area contributed by atoms with Crippen molar-refractivity contribution in [3.8, 4) is 22.6 Å². The molecule has 1 aliphatic carbocycles. The van der Waals surface area contributed by atoms with Crippen molar-refractivity contribution in [2.75, 3.05) is 6.61 Å². The van der Waals surface area contributed by atoms with Gasteiger partial charge in [-0.1, -0.05) is 152 Å². The number of aliphatic imine (C=N–C) groups is 1. The fourth-order valence-electron chi connectivity index (χ4n) is 8.13. The summed E-state index contributed by atoms with van der Waals surface area (Å²) in [5.74, 6) is 2.12. The number of aryl methyl sites for hydroxylation is 1. The molecule has 5 nitrogen and oxygen atoms in total. The van der Waals surface area contributed by atoms with Gasteiger partial charge in [0, 0.05) is 49.6 Å². The molecular formula is C53H47IrNO4P-. The third-order valence-electron chi connectivity index (χ3n) is 11.1. The quantitative estimate of drug-likeness (QED) is 0.112. The van der Waals surface area contributed by atoms with E-state index in [-0.39, 0.29) is 26.1 Å². The van der Waals surface area contributed by atoms with Gasteiger partial charge in [-0.15, -0.1) is 0 Å². The van der Waals surface area contributed by atoms with Crippen molar-refractivity contribution in [3.05, 3.63) is 204 Å². The Morgan fingerprint density at radius 2 is 1.12 bits per heavy atom. The zero-order valence-electron chi connectivity index (χ0n) is 33.6. The van der Waals surface area contributed by atoms with Crippen LogP contribution < -0.4 is 9.05 Å². The van der Waals surface area contributed by atoms with Gasteiger partial charge in [-0.3, -0.25) is 21.2 Å². The predicted octanol–water partition coefficient (Wildman–Crippen LogP) is 13.1. The average Bonchev–Trinajstić information content (AvgIpc) is 3.70. The molecule has 60 heavy (non-hydrogen) atoms. The molecule has 303 valence electrons. The van der Waals surface area contributed by atoms with Crippen LogP contribution in [0.25, 0.3) is 32.7 Å². The fraction of sp³-hybridized carbons (Fsp3) is 0.189. The number of rotatable bonds is 8. The molecule has 0 bridgehead atoms. The van der Waals surface area contributed by atoms with Crippen molar-refractivity contribution >= 4 is 36.0 Å². The molecule has 0 N–H and O–H groups in total. The number of allylic oxidation sites excluding steroid dienone is 4. The molecule has 0 spiro atoms. The first-order chi connectivity index (χ1) is 29.1. The molecule has 7 heteroatoms. The van der Waals surface area contributed by atoms with Gasteiger partial charge in [-0.2, -0.15) is 17.4 Å². The first kappa shape index (κ1) is 41.4. The summed E-state index contributed by atoms with van der Waals surface area (Å²) in [6.07, 6.45) is 16.2. The van der Waals surface area contributed by atoms with E-state index in [9.17, 15) is 0 Å². The number of fused-ring (bicyclic) bond motifs is 7. The van der Waals surface area contributed by atoms with Crippen LogP contribution in [0.5, 0.6) is 11.5 Å². The molecule has 0 saturated heterocycles. The second-order valence-electron chi connectivity index (χ2n) is 15.3. The van der Waals surface area contributed by atoms with Crippen LogP contribution in [0.3, 0.4) is 0 Å². The Morgan fingerprint density at radius 3 is 1.65 bits per heavy atom. The average molecular weight is 985 g/mol. The maximum Gasteiger partial charge on any atom is 0.486 e. The summed E-state index contributed by atoms with van der Waals surface area (Å²) in [6, 6.07) is 54.2. The Morgan fingerprint density at radius 1 is 0.617 bits per heavy atom. The summed E-state index contributed by atoms with van der Waals surface area (Å²) in [4.78, 5) is 5.29. The van der Waals surface area contributed by atoms with Gasteiger partial charge in [0.2, 0.25) is 5.90 Å². The van der Waals surface area contributed by atoms with Gasteiger partial charge in [0.05, 0.1) is 0 Å². The molecule has 1 radical (unpaired) electrons. The van der Waals surface area contributed by atoms with Crippen LogP contribution in [0.2, 0.25) is 0 Å². The van der Waals surface area contributed by atoms with Gasteiger partial charge in [0.25, 0.3) is 0 Å². The van der Waals surface area contributed by atoms with Crippen LogP contribution >= 0.6 is 8.60 Å². The van der Waals surface area contributed by atoms with Crippen molar-refractivity contribution in [2.24, 2.45) is 4.99 Å². The second kappa shape index (κ2) is 19.4. The third kappa shape index (κ3) is 9.34. The van der Waals surface area contributed by atoms with E-state index < -0.39 is 14.2 Å². The maximum absolute atomic E-state index is 7.46. The van der Waals surface area contributed by atoms with Crippen molar-refractivity contribution in [2.45, 2.75) is 57.1 Å². The van der Waals surface area contributed by atoms with E-state index in [1.165, 1.54) is 5.56 Å². The maximum atomic E-state index is 7.46. The zero-order valence-corrected chi connectivity index (χ0v) is 37.0. The van der Waals surface area contributed by atoms with Crippen LogP contribution in [0.4, 0.5) is 0 Å². The first-order valence-electron chi connectivity index (χ1n) is 20.5. The van der Waals surface area contributed by atoms with Crippen LogP contribution in [-0.4, -0.2) is 24.1 Å². The predicted molar refractivity (Wildman–Crippen MR) is 242 cm³/mol. The van der Waals surface area contributed by atoms with Crippen molar-refractivity contribution < 1.29 is 38.4 Å². The van der Waals surface area contributed by atoms with Crippen LogP contribution in [0.1, 0.15) is 47.9 Å². The molecule has 0 amide bonds. The Kier molecular flexibility index (Phi) is 13.4. The molecule has 0 unspecified atom stereocenters. The molecule has 1 atom stereocenters. The van der Waals surface area contributed by atoms with Gasteiger partial charge >= 0.3 is 8.60 Å². The number of ether oxygens (including phenoxy) is 1. The normalized spacial score (nSPS) is 15.9. The SMILES string of the molecule is Cc1ccc(C2=N[C@@H](C(Cc3ccccc3)(Cc3ccccc3)O[PH+]3Oc4ccc5ccccc5c4-c4c(ccc5ccccc45)O3)CO2)cc1.[C-]1=CCC[C-]=CCC1.[Ir]. The summed E-state index contributed by atoms with van der Waals surface area (Å²) in [5, 5.41) is 4.49. The standard InChI is InChI=1S/C45H37NO4P.C8H10.Ir/c1-31-20-22-36(23-21-31)44-46-41(30-47-44)45(28-32-12-4-2-5-13-32,29-33-14-6-3-7-15-33)50-51-48-39-26-24-34-16-8-10-18-37(34)42(39)43-38-19-11-9-17-35(38)25-27-40(43)49-51;1-2-4-6-8-7-5-3-1;/h2-27,41,51H,28-30H2,1H3;1,8H,2,4-5,7H2;/q+1;-2;/t41-;;/m1../s1. The number of nitrogens with zero attached hydrogens (tertiary/aromatic N) is 1. The Hall–Kier alpha value is -5.35. The van der Waals surface area contributed by atoms with E-state index in [0.29, 0.717) is 25.3 Å². The van der Waals surface area contributed by atoms with E-state index >= 15 is 0 Å². The molecular weight excluding hydrogens is 938 g/mol. The van der Waals surface area contributed by atoms with E-state index in [2.05, 4.69) is 177 Å². The van der Waals surface area contributed by atoms with Crippen LogP contribution in [-0.2, 0) is 42.2 Å². The Labute approximate surface area is 368 Å². The van der Waals surface area contributed by atoms with Gasteiger partial charge in [0.1, 0.15) is 12.6 Å². The summed E-state index contributed by atoms with van der Waals surface area (Å²) in [7, 11) is -2.49. The number of benzene rings is 7. The van der Waals surface area contributed by atoms with Crippen molar-refractivity contribution in [1.82, 2.24) is 0 Å². The van der Waals surface area contributed by atoms with Gasteiger partial charge in [0.15, 0.2) is 17.1 Å². The third-order valence-corrected chi connectivity index (χ3v) is 12.5. The van der Waals surface area contributed by atoms with E-state index in [0.717, 1.165) is 86.5 Å². The van der Waals surface area contributed by atoms with Gasteiger partial charge < -0.3 is 16.9 Å². The first-order valence-corrected chi connectivity index (χ1v) is 21.8. The molecule has 2 aliphatic heterocycles. The molecule has 0 saturated carbocycles. The molecule has 0 aromatic heterocycles. The number of hydrogen-bond donors (Lipinski definition) is 0. The van der Waals surface area contributed by atoms with Gasteiger partial charge in [-0.25, -0.2) is 4.99 Å². The second-order valence-corrected chi connectivity index (χ2v) is 16.4.